The molecule has 0 aromatic heterocycles. The summed E-state index contributed by atoms with van der Waals surface area (Å²) in [5.74, 6) is 0.588. The lowest BCUT2D eigenvalue weighted by Crippen LogP contribution is -2.12. The minimum absolute atomic E-state index is 0.171. The van der Waals surface area contributed by atoms with Crippen molar-refractivity contribution in [2.75, 3.05) is 14.2 Å². The number of esters is 1. The van der Waals surface area contributed by atoms with Crippen LogP contribution in [0.3, 0.4) is 0 Å². The molecule has 0 saturated carbocycles. The van der Waals surface area contributed by atoms with Crippen molar-refractivity contribution in [3.8, 4) is 23.0 Å². The van der Waals surface area contributed by atoms with E-state index in [4.69, 9.17) is 18.9 Å². The number of benzene rings is 3. The number of hydrogen-bond donors (Lipinski definition) is 0. The van der Waals surface area contributed by atoms with E-state index in [2.05, 4.69) is 0 Å². The van der Waals surface area contributed by atoms with E-state index in [1.54, 1.807) is 36.4 Å². The van der Waals surface area contributed by atoms with E-state index in [1.165, 1.54) is 20.3 Å². The zero-order chi connectivity index (χ0) is 22.0. The Hall–Kier alpha value is -4.06. The number of methoxy groups -OCH3 is 2. The van der Waals surface area contributed by atoms with Crippen LogP contribution in [0.4, 0.5) is 0 Å². The molecule has 1 heterocycles. The van der Waals surface area contributed by atoms with E-state index in [0.717, 1.165) is 11.1 Å². The van der Waals surface area contributed by atoms with Gasteiger partial charge in [-0.1, -0.05) is 35.9 Å². The summed E-state index contributed by atoms with van der Waals surface area (Å²) < 4.78 is 21.8. The van der Waals surface area contributed by atoms with Gasteiger partial charge in [0.25, 0.3) is 0 Å². The van der Waals surface area contributed by atoms with Crippen molar-refractivity contribution in [1.29, 1.82) is 0 Å². The molecule has 3 aromatic rings. The molecule has 0 radical (unpaired) electrons. The number of rotatable bonds is 5. The SMILES string of the molecule is COc1cccc(OC)c1C(=O)Oc1ccc2c(c1)OC(=Cc1ccc(C)cc1)C2=O. The zero-order valence-corrected chi connectivity index (χ0v) is 17.3. The van der Waals surface area contributed by atoms with Crippen molar-refractivity contribution in [3.05, 3.63) is 88.7 Å². The number of hydrogen-bond acceptors (Lipinski definition) is 6. The van der Waals surface area contributed by atoms with Crippen LogP contribution in [0.5, 0.6) is 23.0 Å². The highest BCUT2D eigenvalue weighted by Crippen LogP contribution is 2.36. The van der Waals surface area contributed by atoms with Gasteiger partial charge in [0, 0.05) is 6.07 Å². The monoisotopic (exact) mass is 416 g/mol. The molecule has 0 fully saturated rings. The average molecular weight is 416 g/mol. The lowest BCUT2D eigenvalue weighted by atomic mass is 10.1. The van der Waals surface area contributed by atoms with Gasteiger partial charge in [-0.3, -0.25) is 4.79 Å². The molecule has 6 nitrogen and oxygen atoms in total. The van der Waals surface area contributed by atoms with E-state index in [9.17, 15) is 9.59 Å². The summed E-state index contributed by atoms with van der Waals surface area (Å²) >= 11 is 0. The quantitative estimate of drug-likeness (QED) is 0.336. The Morgan fingerprint density at radius 2 is 1.61 bits per heavy atom. The van der Waals surface area contributed by atoms with Gasteiger partial charge in [0.15, 0.2) is 5.76 Å². The van der Waals surface area contributed by atoms with Crippen molar-refractivity contribution in [1.82, 2.24) is 0 Å². The van der Waals surface area contributed by atoms with E-state index >= 15 is 0 Å². The topological polar surface area (TPSA) is 71.1 Å². The molecule has 0 atom stereocenters. The number of ether oxygens (including phenoxy) is 4. The van der Waals surface area contributed by atoms with Gasteiger partial charge in [-0.2, -0.15) is 0 Å². The Balaban J connectivity index is 1.58. The summed E-state index contributed by atoms with van der Waals surface area (Å²) in [6.45, 7) is 1.99. The van der Waals surface area contributed by atoms with Crippen molar-refractivity contribution in [2.24, 2.45) is 0 Å². The predicted octanol–water partition coefficient (Wildman–Crippen LogP) is 4.85. The van der Waals surface area contributed by atoms with E-state index in [0.29, 0.717) is 22.8 Å². The first-order valence-electron chi connectivity index (χ1n) is 9.58. The van der Waals surface area contributed by atoms with Gasteiger partial charge in [-0.25, -0.2) is 4.79 Å². The third-order valence-corrected chi connectivity index (χ3v) is 4.86. The molecule has 31 heavy (non-hydrogen) atoms. The first-order valence-corrected chi connectivity index (χ1v) is 9.58. The molecular formula is C25H20O6. The molecule has 156 valence electrons. The largest absolute Gasteiger partial charge is 0.496 e. The molecule has 0 unspecified atom stereocenters. The highest BCUT2D eigenvalue weighted by Gasteiger charge is 2.28. The summed E-state index contributed by atoms with van der Waals surface area (Å²) in [6.07, 6.45) is 1.69. The van der Waals surface area contributed by atoms with Crippen LogP contribution in [0, 0.1) is 6.92 Å². The first kappa shape index (κ1) is 20.2. The van der Waals surface area contributed by atoms with Crippen LogP contribution in [-0.4, -0.2) is 26.0 Å². The molecule has 0 aliphatic carbocycles. The number of fused-ring (bicyclic) bond motifs is 1. The Labute approximate surface area is 179 Å². The number of allylic oxidation sites excluding steroid dienone is 1. The van der Waals surface area contributed by atoms with Crippen LogP contribution in [0.25, 0.3) is 6.08 Å². The summed E-state index contributed by atoms with van der Waals surface area (Å²) in [5.41, 5.74) is 2.57. The standard InChI is InChI=1S/C25H20O6/c1-15-7-9-16(10-8-15)13-22-24(26)18-12-11-17(14-21(18)31-22)30-25(27)23-19(28-2)5-4-6-20(23)29-3/h4-14H,1-3H3. The number of carbonyl (C=O) groups excluding carboxylic acids is 2. The Bertz CT molecular complexity index is 1170. The fourth-order valence-electron chi connectivity index (χ4n) is 3.26. The van der Waals surface area contributed by atoms with E-state index < -0.39 is 5.97 Å². The second kappa shape index (κ2) is 8.36. The van der Waals surface area contributed by atoms with Gasteiger partial charge in [0.1, 0.15) is 28.6 Å². The second-order valence-electron chi connectivity index (χ2n) is 6.94. The molecule has 0 bridgehead atoms. The molecule has 0 spiro atoms. The smallest absolute Gasteiger partial charge is 0.351 e. The first-order chi connectivity index (χ1) is 15.0. The number of aryl methyl sites for hydroxylation is 1. The summed E-state index contributed by atoms with van der Waals surface area (Å²) in [7, 11) is 2.92. The average Bonchev–Trinajstić information content (AvgIpc) is 3.09. The van der Waals surface area contributed by atoms with Crippen LogP contribution in [-0.2, 0) is 0 Å². The van der Waals surface area contributed by atoms with Gasteiger partial charge in [-0.15, -0.1) is 0 Å². The predicted molar refractivity (Wildman–Crippen MR) is 115 cm³/mol. The molecule has 1 aliphatic rings. The zero-order valence-electron chi connectivity index (χ0n) is 17.3. The number of ketones is 1. The van der Waals surface area contributed by atoms with Gasteiger partial charge < -0.3 is 18.9 Å². The summed E-state index contributed by atoms with van der Waals surface area (Å²) in [5, 5.41) is 0. The fourth-order valence-corrected chi connectivity index (χ4v) is 3.26. The molecule has 0 saturated heterocycles. The molecule has 0 amide bonds. The highest BCUT2D eigenvalue weighted by atomic mass is 16.5. The molecule has 0 N–H and O–H groups in total. The highest BCUT2D eigenvalue weighted by molar-refractivity contribution is 6.14. The maximum absolute atomic E-state index is 12.8. The molecular weight excluding hydrogens is 396 g/mol. The third kappa shape index (κ3) is 4.00. The number of carbonyl (C=O) groups is 2. The van der Waals surface area contributed by atoms with Gasteiger partial charge in [0.2, 0.25) is 5.78 Å². The Morgan fingerprint density at radius 3 is 2.26 bits per heavy atom. The molecule has 6 heteroatoms. The molecule has 4 rings (SSSR count). The Morgan fingerprint density at radius 1 is 0.935 bits per heavy atom. The van der Waals surface area contributed by atoms with Gasteiger partial charge in [0.05, 0.1) is 19.8 Å². The number of Topliss-reactive ketones (excluding diaryl/α,β-unsaturated/α-hetero) is 1. The van der Waals surface area contributed by atoms with E-state index in [-0.39, 0.29) is 22.9 Å². The van der Waals surface area contributed by atoms with Gasteiger partial charge in [-0.05, 0) is 42.8 Å². The summed E-state index contributed by atoms with van der Waals surface area (Å²) in [6, 6.07) is 17.4. The van der Waals surface area contributed by atoms with Crippen LogP contribution in [0.15, 0.2) is 66.4 Å². The van der Waals surface area contributed by atoms with Crippen molar-refractivity contribution < 1.29 is 28.5 Å². The Kier molecular flexibility index (Phi) is 5.45. The van der Waals surface area contributed by atoms with Crippen LogP contribution in [0.1, 0.15) is 31.8 Å². The van der Waals surface area contributed by atoms with Crippen LogP contribution < -0.4 is 18.9 Å². The van der Waals surface area contributed by atoms with Crippen molar-refractivity contribution >= 4 is 17.8 Å². The third-order valence-electron chi connectivity index (χ3n) is 4.86. The normalized spacial score (nSPS) is 13.5. The summed E-state index contributed by atoms with van der Waals surface area (Å²) in [4.78, 5) is 25.4. The lowest BCUT2D eigenvalue weighted by Gasteiger charge is -2.12. The molecule has 3 aromatic carbocycles. The van der Waals surface area contributed by atoms with Crippen molar-refractivity contribution in [2.45, 2.75) is 6.92 Å². The maximum Gasteiger partial charge on any atom is 0.351 e. The second-order valence-corrected chi connectivity index (χ2v) is 6.94. The minimum atomic E-state index is -0.644. The van der Waals surface area contributed by atoms with Crippen LogP contribution in [0.2, 0.25) is 0 Å². The van der Waals surface area contributed by atoms with E-state index in [1.807, 2.05) is 31.2 Å². The fraction of sp³-hybridized carbons (Fsp3) is 0.120. The molecule has 1 aliphatic heterocycles. The lowest BCUT2D eigenvalue weighted by molar-refractivity contribution is 0.0727. The van der Waals surface area contributed by atoms with Crippen molar-refractivity contribution in [3.63, 3.8) is 0 Å². The minimum Gasteiger partial charge on any atom is -0.496 e. The maximum atomic E-state index is 12.8. The van der Waals surface area contributed by atoms with Crippen LogP contribution >= 0.6 is 0 Å². The van der Waals surface area contributed by atoms with Gasteiger partial charge >= 0.3 is 5.97 Å².